The SMILES string of the molecule is NCCCC[C@H](NC(=O)Nc1ccc(-c2ccccc2)cc1)C(=O)Nc1ccc(C2CCCCC2)cc1. The van der Waals surface area contributed by atoms with Gasteiger partial charge in [0, 0.05) is 11.4 Å². The van der Waals surface area contributed by atoms with Crippen LogP contribution in [0.15, 0.2) is 78.9 Å². The van der Waals surface area contributed by atoms with Gasteiger partial charge in [0.15, 0.2) is 0 Å². The first-order chi connectivity index (χ1) is 18.1. The average Bonchev–Trinajstić information content (AvgIpc) is 2.94. The summed E-state index contributed by atoms with van der Waals surface area (Å²) < 4.78 is 0. The molecule has 1 atom stereocenters. The summed E-state index contributed by atoms with van der Waals surface area (Å²) in [6.45, 7) is 0.553. The summed E-state index contributed by atoms with van der Waals surface area (Å²) >= 11 is 0. The smallest absolute Gasteiger partial charge is 0.319 e. The van der Waals surface area contributed by atoms with Crippen molar-refractivity contribution < 1.29 is 9.59 Å². The number of benzene rings is 3. The van der Waals surface area contributed by atoms with Gasteiger partial charge >= 0.3 is 6.03 Å². The number of anilines is 2. The molecule has 3 aromatic carbocycles. The molecule has 0 radical (unpaired) electrons. The number of rotatable bonds is 10. The van der Waals surface area contributed by atoms with Gasteiger partial charge in [-0.1, -0.05) is 73.9 Å². The Morgan fingerprint density at radius 2 is 1.38 bits per heavy atom. The number of carbonyl (C=O) groups excluding carboxylic acids is 2. The van der Waals surface area contributed by atoms with Gasteiger partial charge in [0.25, 0.3) is 0 Å². The number of nitrogens with two attached hydrogens (primary N) is 1. The van der Waals surface area contributed by atoms with E-state index in [0.29, 0.717) is 24.6 Å². The largest absolute Gasteiger partial charge is 0.330 e. The van der Waals surface area contributed by atoms with Gasteiger partial charge in [-0.15, -0.1) is 0 Å². The fourth-order valence-corrected chi connectivity index (χ4v) is 4.97. The van der Waals surface area contributed by atoms with E-state index >= 15 is 0 Å². The monoisotopic (exact) mass is 498 g/mol. The number of amides is 3. The van der Waals surface area contributed by atoms with Gasteiger partial charge in [0.05, 0.1) is 0 Å². The van der Waals surface area contributed by atoms with Crippen molar-refractivity contribution in [3.8, 4) is 11.1 Å². The van der Waals surface area contributed by atoms with E-state index in [9.17, 15) is 9.59 Å². The van der Waals surface area contributed by atoms with Crippen molar-refractivity contribution in [2.24, 2.45) is 5.73 Å². The minimum atomic E-state index is -0.659. The molecule has 0 bridgehead atoms. The zero-order chi connectivity index (χ0) is 25.9. The molecule has 5 N–H and O–H groups in total. The number of hydrogen-bond acceptors (Lipinski definition) is 3. The Morgan fingerprint density at radius 3 is 2.05 bits per heavy atom. The molecular weight excluding hydrogens is 460 g/mol. The van der Waals surface area contributed by atoms with Crippen LogP contribution in [0.1, 0.15) is 62.8 Å². The first-order valence-corrected chi connectivity index (χ1v) is 13.5. The van der Waals surface area contributed by atoms with E-state index in [1.54, 1.807) is 0 Å². The quantitative estimate of drug-likeness (QED) is 0.235. The third-order valence-electron chi connectivity index (χ3n) is 7.07. The molecular formula is C31H38N4O2. The van der Waals surface area contributed by atoms with Crippen LogP contribution in [-0.4, -0.2) is 24.5 Å². The lowest BCUT2D eigenvalue weighted by Gasteiger charge is -2.22. The number of nitrogens with one attached hydrogen (secondary N) is 3. The summed E-state index contributed by atoms with van der Waals surface area (Å²) in [4.78, 5) is 25.9. The fourth-order valence-electron chi connectivity index (χ4n) is 4.97. The highest BCUT2D eigenvalue weighted by Gasteiger charge is 2.21. The van der Waals surface area contributed by atoms with Gasteiger partial charge in [-0.2, -0.15) is 0 Å². The average molecular weight is 499 g/mol. The van der Waals surface area contributed by atoms with Crippen LogP contribution in [0.25, 0.3) is 11.1 Å². The second-order valence-corrected chi connectivity index (χ2v) is 9.83. The van der Waals surface area contributed by atoms with Crippen LogP contribution in [0.2, 0.25) is 0 Å². The molecule has 194 valence electrons. The first kappa shape index (κ1) is 26.4. The van der Waals surface area contributed by atoms with E-state index in [4.69, 9.17) is 5.73 Å². The third kappa shape index (κ3) is 7.92. The van der Waals surface area contributed by atoms with Crippen molar-refractivity contribution in [3.05, 3.63) is 84.4 Å². The molecule has 0 heterocycles. The maximum atomic E-state index is 13.1. The number of carbonyl (C=O) groups is 2. The molecule has 1 aliphatic carbocycles. The molecule has 3 amide bonds. The van der Waals surface area contributed by atoms with Gasteiger partial charge in [-0.05, 0) is 85.5 Å². The summed E-state index contributed by atoms with van der Waals surface area (Å²) in [5.74, 6) is 0.395. The predicted octanol–water partition coefficient (Wildman–Crippen LogP) is 6.66. The summed E-state index contributed by atoms with van der Waals surface area (Å²) in [5, 5.41) is 8.68. The first-order valence-electron chi connectivity index (χ1n) is 13.5. The molecule has 1 saturated carbocycles. The van der Waals surface area contributed by atoms with Crippen molar-refractivity contribution >= 4 is 23.3 Å². The van der Waals surface area contributed by atoms with Gasteiger partial charge in [-0.3, -0.25) is 4.79 Å². The lowest BCUT2D eigenvalue weighted by Crippen LogP contribution is -2.45. The maximum absolute atomic E-state index is 13.1. The summed E-state index contributed by atoms with van der Waals surface area (Å²) in [5.41, 5.74) is 10.6. The molecule has 1 aliphatic rings. The Labute approximate surface area is 220 Å². The molecule has 37 heavy (non-hydrogen) atoms. The van der Waals surface area contributed by atoms with Gasteiger partial charge < -0.3 is 21.7 Å². The minimum absolute atomic E-state index is 0.225. The highest BCUT2D eigenvalue weighted by atomic mass is 16.2. The van der Waals surface area contributed by atoms with E-state index in [1.807, 2.05) is 66.7 Å². The second-order valence-electron chi connectivity index (χ2n) is 9.83. The zero-order valence-corrected chi connectivity index (χ0v) is 21.4. The fraction of sp³-hybridized carbons (Fsp3) is 0.355. The van der Waals surface area contributed by atoms with Crippen LogP contribution in [0.4, 0.5) is 16.2 Å². The molecule has 0 aromatic heterocycles. The molecule has 3 aromatic rings. The van der Waals surface area contributed by atoms with Crippen LogP contribution in [0, 0.1) is 0 Å². The van der Waals surface area contributed by atoms with Crippen molar-refractivity contribution in [2.45, 2.75) is 63.3 Å². The highest BCUT2D eigenvalue weighted by molar-refractivity contribution is 5.99. The summed E-state index contributed by atoms with van der Waals surface area (Å²) in [6.07, 6.45) is 8.45. The number of unbranched alkanes of at least 4 members (excludes halogenated alkanes) is 1. The topological polar surface area (TPSA) is 96.2 Å². The van der Waals surface area contributed by atoms with Crippen LogP contribution < -0.4 is 21.7 Å². The van der Waals surface area contributed by atoms with Crippen molar-refractivity contribution in [3.63, 3.8) is 0 Å². The zero-order valence-electron chi connectivity index (χ0n) is 21.4. The molecule has 0 unspecified atom stereocenters. The van der Waals surface area contributed by atoms with Crippen molar-refractivity contribution in [1.82, 2.24) is 5.32 Å². The second kappa shape index (κ2) is 13.6. The van der Waals surface area contributed by atoms with Crippen molar-refractivity contribution in [1.29, 1.82) is 0 Å². The van der Waals surface area contributed by atoms with E-state index in [0.717, 1.165) is 29.7 Å². The molecule has 4 rings (SSSR count). The summed E-state index contributed by atoms with van der Waals surface area (Å²) in [6, 6.07) is 24.8. The Morgan fingerprint density at radius 1 is 0.757 bits per heavy atom. The van der Waals surface area contributed by atoms with E-state index in [1.165, 1.54) is 37.7 Å². The Bertz CT molecular complexity index is 1120. The van der Waals surface area contributed by atoms with Gasteiger partial charge in [-0.25, -0.2) is 4.79 Å². The standard InChI is InChI=1S/C31H38N4O2/c32-22-8-7-13-29(30(36)33-27-18-14-25(15-19-27)23-9-3-1-4-10-23)35-31(37)34-28-20-16-26(17-21-28)24-11-5-2-6-12-24/h2,5-6,11-12,14-21,23,29H,1,3-4,7-10,13,22,32H2,(H,33,36)(H2,34,35,37)/t29-/m0/s1. The van der Waals surface area contributed by atoms with Gasteiger partial charge in [0.2, 0.25) is 5.91 Å². The van der Waals surface area contributed by atoms with E-state index < -0.39 is 12.1 Å². The number of urea groups is 1. The molecule has 0 spiro atoms. The van der Waals surface area contributed by atoms with E-state index in [2.05, 4.69) is 28.1 Å². The Hall–Kier alpha value is -3.64. The Kier molecular flexibility index (Phi) is 9.72. The van der Waals surface area contributed by atoms with Gasteiger partial charge in [0.1, 0.15) is 6.04 Å². The summed E-state index contributed by atoms with van der Waals surface area (Å²) in [7, 11) is 0. The van der Waals surface area contributed by atoms with E-state index in [-0.39, 0.29) is 5.91 Å². The molecule has 0 aliphatic heterocycles. The van der Waals surface area contributed by atoms with Crippen LogP contribution >= 0.6 is 0 Å². The normalized spacial score (nSPS) is 14.5. The third-order valence-corrected chi connectivity index (χ3v) is 7.07. The van der Waals surface area contributed by atoms with Crippen molar-refractivity contribution in [2.75, 3.05) is 17.2 Å². The molecule has 0 saturated heterocycles. The van der Waals surface area contributed by atoms with Crippen LogP contribution in [0.5, 0.6) is 0 Å². The lowest BCUT2D eigenvalue weighted by atomic mass is 9.84. The minimum Gasteiger partial charge on any atom is -0.330 e. The van der Waals surface area contributed by atoms with Crippen LogP contribution in [-0.2, 0) is 4.79 Å². The Balaban J connectivity index is 1.34. The lowest BCUT2D eigenvalue weighted by molar-refractivity contribution is -0.118. The van der Waals surface area contributed by atoms with Crippen LogP contribution in [0.3, 0.4) is 0 Å². The predicted molar refractivity (Wildman–Crippen MR) is 152 cm³/mol. The molecule has 6 heteroatoms. The molecule has 6 nitrogen and oxygen atoms in total. The molecule has 1 fully saturated rings. The highest BCUT2D eigenvalue weighted by Crippen LogP contribution is 2.33. The maximum Gasteiger partial charge on any atom is 0.319 e. The number of hydrogen-bond donors (Lipinski definition) is 4.